The highest BCUT2D eigenvalue weighted by atomic mass is 19.4. The third kappa shape index (κ3) is 4.32. The highest BCUT2D eigenvalue weighted by Gasteiger charge is 2.72. The first-order valence-electron chi connectivity index (χ1n) is 12.5. The molecule has 0 fully saturated rings. The Kier molecular flexibility index (Phi) is 5.90. The fourth-order valence-corrected chi connectivity index (χ4v) is 5.27. The molecule has 0 spiro atoms. The molecular weight excluding hydrogens is 518 g/mol. The van der Waals surface area contributed by atoms with Gasteiger partial charge in [-0.25, -0.2) is 0 Å². The molecule has 4 aromatic carbocycles. The zero-order valence-electron chi connectivity index (χ0n) is 20.5. The van der Waals surface area contributed by atoms with Crippen molar-refractivity contribution >= 4 is 0 Å². The average molecular weight is 541 g/mol. The first-order valence-corrected chi connectivity index (χ1v) is 12.5. The van der Waals surface area contributed by atoms with E-state index in [0.717, 1.165) is 85.3 Å². The lowest BCUT2D eigenvalue weighted by Crippen LogP contribution is -2.54. The van der Waals surface area contributed by atoms with Gasteiger partial charge in [-0.1, -0.05) is 36.4 Å². The molecule has 2 aliphatic carbocycles. The molecule has 0 bridgehead atoms. The van der Waals surface area contributed by atoms with Crippen LogP contribution in [0.25, 0.3) is 0 Å². The molecule has 0 saturated heterocycles. The van der Waals surface area contributed by atoms with Crippen molar-refractivity contribution in [1.29, 1.82) is 0 Å². The minimum atomic E-state index is -5.68. The summed E-state index contributed by atoms with van der Waals surface area (Å²) >= 11 is 0. The van der Waals surface area contributed by atoms with Crippen molar-refractivity contribution in [3.05, 3.63) is 118 Å². The second-order valence-corrected chi connectivity index (χ2v) is 9.86. The van der Waals surface area contributed by atoms with Gasteiger partial charge in [-0.05, 0) is 108 Å². The van der Waals surface area contributed by atoms with Gasteiger partial charge < -0.3 is 9.47 Å². The number of benzene rings is 4. The molecule has 200 valence electrons. The second kappa shape index (κ2) is 9.07. The van der Waals surface area contributed by atoms with Crippen LogP contribution in [-0.2, 0) is 31.1 Å². The number of ether oxygens (including phenoxy) is 2. The molecular formula is C31H22F6O2. The SMILES string of the molecule is FC(F)(F)C(c1ccc(Oc2ccc3c(c2)CC3)cc1)(c1ccc(Oc2ccc3c(c2)CC3)cc1)C(F)(F)F. The van der Waals surface area contributed by atoms with Crippen LogP contribution < -0.4 is 9.47 Å². The Labute approximate surface area is 220 Å². The lowest BCUT2D eigenvalue weighted by atomic mass is 9.73. The topological polar surface area (TPSA) is 18.5 Å². The summed E-state index contributed by atoms with van der Waals surface area (Å²) in [6, 6.07) is 18.7. The monoisotopic (exact) mass is 540 g/mol. The standard InChI is InChI=1S/C31H22F6O2/c32-30(33,34)29(31(35,36)37,23-7-13-25(14-8-23)38-27-11-5-19-1-3-21(19)17-27)24-9-15-26(16-10-24)39-28-12-6-20-2-4-22(20)18-28/h5-18H,1-4H2. The number of hydrogen-bond donors (Lipinski definition) is 0. The molecule has 4 aromatic rings. The maximum absolute atomic E-state index is 14.5. The van der Waals surface area contributed by atoms with Crippen LogP contribution >= 0.6 is 0 Å². The highest BCUT2D eigenvalue weighted by molar-refractivity contribution is 5.49. The fourth-order valence-electron chi connectivity index (χ4n) is 5.27. The Balaban J connectivity index is 1.32. The molecule has 8 heteroatoms. The van der Waals surface area contributed by atoms with Gasteiger partial charge in [0.15, 0.2) is 0 Å². The minimum absolute atomic E-state index is 0.138. The molecule has 0 aliphatic heterocycles. The third-order valence-electron chi connectivity index (χ3n) is 7.58. The molecule has 0 heterocycles. The van der Waals surface area contributed by atoms with E-state index in [0.29, 0.717) is 11.5 Å². The van der Waals surface area contributed by atoms with Crippen molar-refractivity contribution < 1.29 is 35.8 Å². The average Bonchev–Trinajstić information content (AvgIpc) is 2.83. The third-order valence-corrected chi connectivity index (χ3v) is 7.58. The lowest BCUT2D eigenvalue weighted by Gasteiger charge is -2.38. The van der Waals surface area contributed by atoms with E-state index in [9.17, 15) is 26.3 Å². The molecule has 0 aromatic heterocycles. The van der Waals surface area contributed by atoms with Crippen molar-refractivity contribution in [1.82, 2.24) is 0 Å². The Morgan fingerprint density at radius 3 is 1.03 bits per heavy atom. The molecule has 39 heavy (non-hydrogen) atoms. The first kappa shape index (κ1) is 25.3. The summed E-state index contributed by atoms with van der Waals surface area (Å²) in [5, 5.41) is 0. The zero-order chi connectivity index (χ0) is 27.4. The van der Waals surface area contributed by atoms with Gasteiger partial charge in [0.2, 0.25) is 5.41 Å². The number of hydrogen-bond acceptors (Lipinski definition) is 2. The molecule has 0 unspecified atom stereocenters. The van der Waals surface area contributed by atoms with Crippen LogP contribution in [0, 0.1) is 0 Å². The number of alkyl halides is 6. The van der Waals surface area contributed by atoms with Crippen molar-refractivity contribution in [3.8, 4) is 23.0 Å². The van der Waals surface area contributed by atoms with Crippen molar-refractivity contribution in [2.75, 3.05) is 0 Å². The Morgan fingerprint density at radius 1 is 0.410 bits per heavy atom. The first-order chi connectivity index (χ1) is 18.5. The molecule has 0 N–H and O–H groups in total. The van der Waals surface area contributed by atoms with E-state index in [1.54, 1.807) is 12.1 Å². The van der Waals surface area contributed by atoms with Gasteiger partial charge in [-0.15, -0.1) is 0 Å². The largest absolute Gasteiger partial charge is 0.457 e. The van der Waals surface area contributed by atoms with Gasteiger partial charge in [-0.2, -0.15) is 26.3 Å². The predicted molar refractivity (Wildman–Crippen MR) is 134 cm³/mol. The minimum Gasteiger partial charge on any atom is -0.457 e. The summed E-state index contributed by atoms with van der Waals surface area (Å²) in [4.78, 5) is 0. The predicted octanol–water partition coefficient (Wildman–Crippen LogP) is 8.88. The van der Waals surface area contributed by atoms with Crippen LogP contribution in [0.2, 0.25) is 0 Å². The molecule has 0 amide bonds. The summed E-state index contributed by atoms with van der Waals surface area (Å²) in [7, 11) is 0. The molecule has 6 rings (SSSR count). The van der Waals surface area contributed by atoms with E-state index in [1.807, 2.05) is 24.3 Å². The molecule has 0 atom stereocenters. The van der Waals surface area contributed by atoms with Gasteiger partial charge >= 0.3 is 12.4 Å². The van der Waals surface area contributed by atoms with E-state index in [1.165, 1.54) is 11.1 Å². The fraction of sp³-hybridized carbons (Fsp3) is 0.226. The highest BCUT2D eigenvalue weighted by Crippen LogP contribution is 2.56. The molecule has 2 nitrogen and oxygen atoms in total. The van der Waals surface area contributed by atoms with E-state index >= 15 is 0 Å². The maximum Gasteiger partial charge on any atom is 0.411 e. The summed E-state index contributed by atoms with van der Waals surface area (Å²) in [5.74, 6) is 1.22. The van der Waals surface area contributed by atoms with E-state index in [4.69, 9.17) is 9.47 Å². The molecule has 0 radical (unpaired) electrons. The quantitative estimate of drug-likeness (QED) is 0.228. The smallest absolute Gasteiger partial charge is 0.411 e. The van der Waals surface area contributed by atoms with Crippen molar-refractivity contribution in [3.63, 3.8) is 0 Å². The Bertz CT molecular complexity index is 1400. The van der Waals surface area contributed by atoms with Crippen LogP contribution in [0.1, 0.15) is 33.4 Å². The number of halogens is 6. The van der Waals surface area contributed by atoms with Crippen LogP contribution in [0.15, 0.2) is 84.9 Å². The van der Waals surface area contributed by atoms with E-state index in [-0.39, 0.29) is 11.5 Å². The van der Waals surface area contributed by atoms with Crippen LogP contribution in [0.3, 0.4) is 0 Å². The summed E-state index contributed by atoms with van der Waals surface area (Å²) in [5.41, 5.74) is -1.53. The number of aryl methyl sites for hydroxylation is 4. The van der Waals surface area contributed by atoms with Gasteiger partial charge in [0, 0.05) is 0 Å². The van der Waals surface area contributed by atoms with Gasteiger partial charge in [-0.3, -0.25) is 0 Å². The zero-order valence-corrected chi connectivity index (χ0v) is 20.5. The second-order valence-electron chi connectivity index (χ2n) is 9.86. The van der Waals surface area contributed by atoms with Crippen LogP contribution in [0.5, 0.6) is 23.0 Å². The van der Waals surface area contributed by atoms with Crippen molar-refractivity contribution in [2.45, 2.75) is 43.5 Å². The van der Waals surface area contributed by atoms with Gasteiger partial charge in [0.05, 0.1) is 0 Å². The Hall–Kier alpha value is -3.94. The van der Waals surface area contributed by atoms with Crippen molar-refractivity contribution in [2.24, 2.45) is 0 Å². The van der Waals surface area contributed by atoms with Crippen LogP contribution in [0.4, 0.5) is 26.3 Å². The number of rotatable bonds is 6. The normalized spacial score (nSPS) is 14.5. The van der Waals surface area contributed by atoms with Gasteiger partial charge in [0.25, 0.3) is 0 Å². The van der Waals surface area contributed by atoms with E-state index in [2.05, 4.69) is 0 Å². The molecule has 2 aliphatic rings. The summed E-state index contributed by atoms with van der Waals surface area (Å²) in [6.45, 7) is 0. The molecule has 0 saturated carbocycles. The van der Waals surface area contributed by atoms with E-state index < -0.39 is 28.9 Å². The maximum atomic E-state index is 14.5. The Morgan fingerprint density at radius 2 is 0.744 bits per heavy atom. The summed E-state index contributed by atoms with van der Waals surface area (Å²) < 4.78 is 98.6. The van der Waals surface area contributed by atoms with Gasteiger partial charge in [0.1, 0.15) is 23.0 Å². The number of fused-ring (bicyclic) bond motifs is 2. The lowest BCUT2D eigenvalue weighted by molar-refractivity contribution is -0.288. The summed E-state index contributed by atoms with van der Waals surface area (Å²) in [6.07, 6.45) is -7.60. The van der Waals surface area contributed by atoms with Crippen LogP contribution in [-0.4, -0.2) is 12.4 Å².